The van der Waals surface area contributed by atoms with E-state index in [0.717, 1.165) is 12.0 Å². The van der Waals surface area contributed by atoms with Crippen LogP contribution in [0.25, 0.3) is 6.08 Å². The Balaban J connectivity index is 2.45. The normalized spacial score (nSPS) is 11.0. The van der Waals surface area contributed by atoms with Gasteiger partial charge in [0.05, 0.1) is 0 Å². The van der Waals surface area contributed by atoms with E-state index in [2.05, 4.69) is 4.98 Å². The van der Waals surface area contributed by atoms with E-state index in [1.165, 1.54) is 15.5 Å². The van der Waals surface area contributed by atoms with Crippen LogP contribution in [0, 0.1) is 0 Å². The molecular weight excluding hydrogens is 344 g/mol. The smallest absolute Gasteiger partial charge is 0.330 e. The highest BCUT2D eigenvalue weighted by atomic mass is 16.2. The predicted molar refractivity (Wildman–Crippen MR) is 109 cm³/mol. The number of nitrogen functional groups attached to an aromatic ring is 1. The number of unbranched alkanes of at least 4 members (excludes halogenated alkanes) is 1. The number of rotatable bonds is 8. The number of hydrogen-bond acceptors (Lipinski definition) is 4. The maximum Gasteiger partial charge on any atom is 0.330 e. The van der Waals surface area contributed by atoms with Crippen molar-refractivity contribution in [3.8, 4) is 0 Å². The lowest BCUT2D eigenvalue weighted by Crippen LogP contribution is -2.41. The molecule has 0 saturated carbocycles. The molecule has 0 aliphatic heterocycles. The summed E-state index contributed by atoms with van der Waals surface area (Å²) in [4.78, 5) is 40.9. The summed E-state index contributed by atoms with van der Waals surface area (Å²) in [6, 6.07) is 9.40. The zero-order chi connectivity index (χ0) is 19.8. The molecule has 0 aliphatic carbocycles. The van der Waals surface area contributed by atoms with Gasteiger partial charge in [0.15, 0.2) is 5.69 Å². The predicted octanol–water partition coefficient (Wildman–Crippen LogP) is 2.38. The number of aromatic amines is 1. The zero-order valence-corrected chi connectivity index (χ0v) is 15.8. The molecule has 0 radical (unpaired) electrons. The Kier molecular flexibility index (Phi) is 7.16. The van der Waals surface area contributed by atoms with Gasteiger partial charge in [-0.15, -0.1) is 0 Å². The van der Waals surface area contributed by atoms with Gasteiger partial charge in [0.2, 0.25) is 0 Å². The average molecular weight is 370 g/mol. The highest BCUT2D eigenvalue weighted by Crippen LogP contribution is 2.18. The monoisotopic (exact) mass is 370 g/mol. The maximum absolute atomic E-state index is 12.8. The number of aromatic nitrogens is 2. The van der Waals surface area contributed by atoms with Gasteiger partial charge >= 0.3 is 5.69 Å². The van der Waals surface area contributed by atoms with Crippen LogP contribution >= 0.6 is 0 Å². The van der Waals surface area contributed by atoms with Crippen LogP contribution in [0.1, 0.15) is 38.7 Å². The first-order valence-electron chi connectivity index (χ1n) is 9.16. The van der Waals surface area contributed by atoms with Gasteiger partial charge in [0.25, 0.3) is 11.5 Å². The van der Waals surface area contributed by atoms with E-state index in [0.29, 0.717) is 25.9 Å². The Labute approximate surface area is 158 Å². The van der Waals surface area contributed by atoms with Crippen LogP contribution in [-0.2, 0) is 11.3 Å². The lowest BCUT2D eigenvalue weighted by atomic mass is 10.2. The average Bonchev–Trinajstić information content (AvgIpc) is 2.66. The summed E-state index contributed by atoms with van der Waals surface area (Å²) in [6.07, 6.45) is 5.33. The molecule has 1 aromatic heterocycles. The molecule has 1 aromatic carbocycles. The van der Waals surface area contributed by atoms with Gasteiger partial charge in [-0.25, -0.2) is 4.79 Å². The van der Waals surface area contributed by atoms with Crippen molar-refractivity contribution in [2.75, 3.05) is 17.2 Å². The zero-order valence-electron chi connectivity index (χ0n) is 15.8. The summed E-state index contributed by atoms with van der Waals surface area (Å²) in [5, 5.41) is 0. The fraction of sp³-hybridized carbons (Fsp3) is 0.350. The van der Waals surface area contributed by atoms with Gasteiger partial charge in [0, 0.05) is 19.2 Å². The highest BCUT2D eigenvalue weighted by molar-refractivity contribution is 6.05. The summed E-state index contributed by atoms with van der Waals surface area (Å²) in [5.74, 6) is -0.339. The van der Waals surface area contributed by atoms with Crippen molar-refractivity contribution in [1.82, 2.24) is 9.55 Å². The Morgan fingerprint density at radius 1 is 1.19 bits per heavy atom. The number of benzene rings is 1. The Hall–Kier alpha value is -3.09. The number of nitrogens with zero attached hydrogens (tertiary/aromatic N) is 2. The van der Waals surface area contributed by atoms with E-state index >= 15 is 0 Å². The molecule has 144 valence electrons. The molecule has 7 nitrogen and oxygen atoms in total. The van der Waals surface area contributed by atoms with Crippen molar-refractivity contribution in [2.24, 2.45) is 0 Å². The van der Waals surface area contributed by atoms with Gasteiger partial charge in [-0.05, 0) is 24.5 Å². The molecule has 0 bridgehead atoms. The van der Waals surface area contributed by atoms with E-state index < -0.39 is 11.2 Å². The van der Waals surface area contributed by atoms with Crippen LogP contribution in [0.5, 0.6) is 0 Å². The van der Waals surface area contributed by atoms with Crippen LogP contribution in [-0.4, -0.2) is 22.0 Å². The second-order valence-corrected chi connectivity index (χ2v) is 6.23. The van der Waals surface area contributed by atoms with Crippen LogP contribution in [0.4, 0.5) is 11.5 Å². The van der Waals surface area contributed by atoms with Crippen LogP contribution < -0.4 is 21.9 Å². The minimum absolute atomic E-state index is 0.0168. The number of nitrogens with two attached hydrogens (primary N) is 1. The number of H-pyrrole nitrogens is 1. The number of nitrogens with one attached hydrogen (secondary N) is 1. The third-order valence-corrected chi connectivity index (χ3v) is 4.15. The van der Waals surface area contributed by atoms with Crippen molar-refractivity contribution in [3.05, 3.63) is 62.8 Å². The third kappa shape index (κ3) is 4.97. The largest absolute Gasteiger partial charge is 0.383 e. The van der Waals surface area contributed by atoms with Crippen LogP contribution in [0.3, 0.4) is 0 Å². The van der Waals surface area contributed by atoms with Crippen molar-refractivity contribution >= 4 is 23.5 Å². The van der Waals surface area contributed by atoms with Crippen LogP contribution in [0.2, 0.25) is 0 Å². The maximum atomic E-state index is 12.8. The van der Waals surface area contributed by atoms with E-state index in [9.17, 15) is 14.4 Å². The first-order chi connectivity index (χ1) is 13.0. The number of carbonyl (C=O) groups excluding carboxylic acids is 1. The Bertz CT molecular complexity index is 913. The summed E-state index contributed by atoms with van der Waals surface area (Å²) in [6.45, 7) is 4.60. The topological polar surface area (TPSA) is 101 Å². The number of amides is 1. The summed E-state index contributed by atoms with van der Waals surface area (Å²) >= 11 is 0. The Morgan fingerprint density at radius 2 is 1.89 bits per heavy atom. The SMILES string of the molecule is CCCCN(C(=O)/C=C/c1ccccc1)c1c(N)n(CCC)c(=O)[nH]c1=O. The number of hydrogen-bond donors (Lipinski definition) is 2. The van der Waals surface area contributed by atoms with Crippen molar-refractivity contribution in [3.63, 3.8) is 0 Å². The number of anilines is 2. The van der Waals surface area contributed by atoms with Crippen molar-refractivity contribution in [1.29, 1.82) is 0 Å². The van der Waals surface area contributed by atoms with E-state index in [1.807, 2.05) is 44.2 Å². The molecule has 1 amide bonds. The van der Waals surface area contributed by atoms with Gasteiger partial charge in [-0.2, -0.15) is 0 Å². The van der Waals surface area contributed by atoms with Gasteiger partial charge in [-0.3, -0.25) is 19.1 Å². The summed E-state index contributed by atoms with van der Waals surface area (Å²) < 4.78 is 1.30. The highest BCUT2D eigenvalue weighted by Gasteiger charge is 2.22. The molecule has 0 spiro atoms. The molecule has 0 fully saturated rings. The first-order valence-corrected chi connectivity index (χ1v) is 9.16. The molecule has 0 saturated heterocycles. The quantitative estimate of drug-likeness (QED) is 0.697. The molecule has 27 heavy (non-hydrogen) atoms. The fourth-order valence-corrected chi connectivity index (χ4v) is 2.75. The van der Waals surface area contributed by atoms with E-state index in [4.69, 9.17) is 5.73 Å². The van der Waals surface area contributed by atoms with E-state index in [1.54, 1.807) is 6.08 Å². The molecule has 2 rings (SSSR count). The van der Waals surface area contributed by atoms with Gasteiger partial charge in [0.1, 0.15) is 5.82 Å². The molecule has 3 N–H and O–H groups in total. The number of carbonyl (C=O) groups is 1. The molecule has 0 atom stereocenters. The summed E-state index contributed by atoms with van der Waals surface area (Å²) in [5.41, 5.74) is 5.80. The first kappa shape index (κ1) is 20.2. The molecule has 0 aliphatic rings. The second kappa shape index (κ2) is 9.56. The molecular formula is C20H26N4O3. The minimum Gasteiger partial charge on any atom is -0.383 e. The van der Waals surface area contributed by atoms with E-state index in [-0.39, 0.29) is 17.4 Å². The lowest BCUT2D eigenvalue weighted by Gasteiger charge is -2.23. The molecule has 7 heteroatoms. The fourth-order valence-electron chi connectivity index (χ4n) is 2.75. The lowest BCUT2D eigenvalue weighted by molar-refractivity contribution is -0.114. The summed E-state index contributed by atoms with van der Waals surface area (Å²) in [7, 11) is 0. The van der Waals surface area contributed by atoms with Gasteiger partial charge in [-0.1, -0.05) is 50.6 Å². The standard InChI is InChI=1S/C20H26N4O3/c1-3-5-14-23(16(25)12-11-15-9-7-6-8-10-15)17-18(21)24(13-4-2)20(27)22-19(17)26/h6-12H,3-5,13-14,21H2,1-2H3,(H,22,26,27)/b12-11+. The van der Waals surface area contributed by atoms with Crippen molar-refractivity contribution < 1.29 is 4.79 Å². The molecule has 0 unspecified atom stereocenters. The minimum atomic E-state index is -0.651. The van der Waals surface area contributed by atoms with Gasteiger partial charge < -0.3 is 10.6 Å². The molecule has 2 aromatic rings. The van der Waals surface area contributed by atoms with Crippen LogP contribution in [0.15, 0.2) is 46.0 Å². The second-order valence-electron chi connectivity index (χ2n) is 6.23. The third-order valence-electron chi connectivity index (χ3n) is 4.15. The molecule has 1 heterocycles. The van der Waals surface area contributed by atoms with Crippen molar-refractivity contribution in [2.45, 2.75) is 39.7 Å². The Morgan fingerprint density at radius 3 is 2.52 bits per heavy atom.